The lowest BCUT2D eigenvalue weighted by molar-refractivity contribution is -0.277. The summed E-state index contributed by atoms with van der Waals surface area (Å²) in [6.07, 6.45) is -7.41. The number of aromatic hydroxyl groups is 1. The third kappa shape index (κ3) is 4.72. The molecule has 3 aliphatic rings. The molecule has 3 aliphatic heterocycles. The van der Waals surface area contributed by atoms with Crippen LogP contribution >= 0.6 is 0 Å². The first kappa shape index (κ1) is 26.0. The van der Waals surface area contributed by atoms with E-state index in [9.17, 15) is 25.5 Å². The predicted octanol–water partition coefficient (Wildman–Crippen LogP) is 0.663. The van der Waals surface area contributed by atoms with Gasteiger partial charge in [0.25, 0.3) is 0 Å². The van der Waals surface area contributed by atoms with E-state index in [1.807, 2.05) is 12.1 Å². The maximum atomic E-state index is 10.3. The zero-order chi connectivity index (χ0) is 26.3. The van der Waals surface area contributed by atoms with Gasteiger partial charge in [0.15, 0.2) is 23.0 Å². The van der Waals surface area contributed by atoms with Crippen molar-refractivity contribution >= 4 is 0 Å². The molecule has 0 radical (unpaired) electrons. The van der Waals surface area contributed by atoms with E-state index in [-0.39, 0.29) is 35.5 Å². The average Bonchev–Trinajstić information content (AvgIpc) is 3.52. The summed E-state index contributed by atoms with van der Waals surface area (Å²) < 4.78 is 34.3. The minimum absolute atomic E-state index is 0.0689. The monoisotopic (exact) mass is 520 g/mol. The minimum atomic E-state index is -1.55. The molecule has 0 amide bonds. The fraction of sp³-hybridized carbons (Fsp3) is 0.538. The second-order valence-corrected chi connectivity index (χ2v) is 9.49. The molecule has 202 valence electrons. The number of aliphatic hydroxyl groups is 4. The van der Waals surface area contributed by atoms with E-state index in [0.717, 1.165) is 11.1 Å². The van der Waals surface area contributed by atoms with E-state index in [0.29, 0.717) is 24.7 Å². The Balaban J connectivity index is 1.32. The molecule has 3 heterocycles. The lowest BCUT2D eigenvalue weighted by Gasteiger charge is -2.39. The molecule has 0 spiro atoms. The fourth-order valence-corrected chi connectivity index (χ4v) is 5.35. The largest absolute Gasteiger partial charge is 0.504 e. The molecule has 0 aromatic heterocycles. The van der Waals surface area contributed by atoms with Gasteiger partial charge in [-0.2, -0.15) is 0 Å². The average molecular weight is 521 g/mol. The number of fused-ring (bicyclic) bond motifs is 1. The van der Waals surface area contributed by atoms with Gasteiger partial charge in [0, 0.05) is 11.8 Å². The number of rotatable bonds is 7. The van der Waals surface area contributed by atoms with Crippen LogP contribution < -0.4 is 14.2 Å². The zero-order valence-corrected chi connectivity index (χ0v) is 20.5. The van der Waals surface area contributed by atoms with Crippen LogP contribution in [-0.2, 0) is 14.2 Å². The van der Waals surface area contributed by atoms with Crippen LogP contribution in [0.25, 0.3) is 0 Å². The smallest absolute Gasteiger partial charge is 0.229 e. The molecule has 5 rings (SSSR count). The van der Waals surface area contributed by atoms with E-state index in [1.165, 1.54) is 14.2 Å². The van der Waals surface area contributed by atoms with Crippen LogP contribution in [0.15, 0.2) is 36.4 Å². The number of hydrogen-bond donors (Lipinski definition) is 5. The Kier molecular flexibility index (Phi) is 7.46. The number of phenolic OH excluding ortho intramolecular Hbond substituents is 1. The first-order chi connectivity index (χ1) is 17.9. The summed E-state index contributed by atoms with van der Waals surface area (Å²) in [6.45, 7) is 0.436. The van der Waals surface area contributed by atoms with Crippen molar-refractivity contribution in [1.82, 2.24) is 0 Å². The van der Waals surface area contributed by atoms with Gasteiger partial charge in [-0.05, 0) is 35.4 Å². The standard InChI is InChI=1S/C26H32O11/c1-32-18-7-12(3-5-16(18)28)24-14-10-35-25(15(14)11-34-24)13-4-6-17(19(8-13)33-2)36-26-23(31)22(30)21(29)20(9-27)37-26/h3-8,14-15,20-31H,9-11H2,1-2H3/t14-,15-,20+,21-,22-,23-,24+,25-,26-/m1/s1. The van der Waals surface area contributed by atoms with Crippen LogP contribution in [-0.4, -0.2) is 90.3 Å². The van der Waals surface area contributed by atoms with Crippen LogP contribution in [0, 0.1) is 11.8 Å². The van der Waals surface area contributed by atoms with Crippen molar-refractivity contribution in [1.29, 1.82) is 0 Å². The summed E-state index contributed by atoms with van der Waals surface area (Å²) in [7, 11) is 2.98. The third-order valence-electron chi connectivity index (χ3n) is 7.40. The summed E-state index contributed by atoms with van der Waals surface area (Å²) in [5.41, 5.74) is 1.77. The Labute approximate surface area is 213 Å². The maximum absolute atomic E-state index is 10.3. The molecule has 2 aromatic carbocycles. The minimum Gasteiger partial charge on any atom is -0.504 e. The summed E-state index contributed by atoms with van der Waals surface area (Å²) >= 11 is 0. The molecule has 0 saturated carbocycles. The van der Waals surface area contributed by atoms with Gasteiger partial charge in [0.2, 0.25) is 6.29 Å². The van der Waals surface area contributed by atoms with Gasteiger partial charge in [-0.15, -0.1) is 0 Å². The van der Waals surface area contributed by atoms with Crippen LogP contribution in [0.2, 0.25) is 0 Å². The Morgan fingerprint density at radius 1 is 0.784 bits per heavy atom. The van der Waals surface area contributed by atoms with E-state index >= 15 is 0 Å². The van der Waals surface area contributed by atoms with Gasteiger partial charge in [-0.1, -0.05) is 12.1 Å². The zero-order valence-electron chi connectivity index (χ0n) is 20.5. The van der Waals surface area contributed by atoms with Crippen LogP contribution in [0.5, 0.6) is 23.0 Å². The van der Waals surface area contributed by atoms with Crippen LogP contribution in [0.1, 0.15) is 23.3 Å². The number of phenols is 1. The van der Waals surface area contributed by atoms with E-state index < -0.39 is 37.3 Å². The van der Waals surface area contributed by atoms with Gasteiger partial charge < -0.3 is 54.0 Å². The normalized spacial score (nSPS) is 35.2. The van der Waals surface area contributed by atoms with Gasteiger partial charge in [-0.3, -0.25) is 0 Å². The molecule has 9 atom stereocenters. The van der Waals surface area contributed by atoms with Crippen molar-refractivity contribution in [3.63, 3.8) is 0 Å². The number of methoxy groups -OCH3 is 2. The van der Waals surface area contributed by atoms with Crippen molar-refractivity contribution in [3.05, 3.63) is 47.5 Å². The molecule has 2 aromatic rings. The van der Waals surface area contributed by atoms with Crippen molar-refractivity contribution in [3.8, 4) is 23.0 Å². The maximum Gasteiger partial charge on any atom is 0.229 e. The van der Waals surface area contributed by atoms with Gasteiger partial charge in [-0.25, -0.2) is 0 Å². The topological polar surface area (TPSA) is 157 Å². The van der Waals surface area contributed by atoms with Crippen LogP contribution in [0.3, 0.4) is 0 Å². The van der Waals surface area contributed by atoms with E-state index in [4.69, 9.17) is 28.4 Å². The molecular formula is C26H32O11. The molecule has 3 fully saturated rings. The second-order valence-electron chi connectivity index (χ2n) is 9.49. The molecule has 3 saturated heterocycles. The quantitative estimate of drug-likeness (QED) is 0.349. The fourth-order valence-electron chi connectivity index (χ4n) is 5.35. The molecule has 11 heteroatoms. The van der Waals surface area contributed by atoms with Crippen molar-refractivity contribution in [2.75, 3.05) is 34.0 Å². The highest BCUT2D eigenvalue weighted by Gasteiger charge is 2.49. The Hall–Kier alpha value is -2.64. The molecular weight excluding hydrogens is 488 g/mol. The Morgan fingerprint density at radius 2 is 1.38 bits per heavy atom. The molecule has 11 nitrogen and oxygen atoms in total. The van der Waals surface area contributed by atoms with Crippen molar-refractivity contribution < 1.29 is 54.0 Å². The third-order valence-corrected chi connectivity index (χ3v) is 7.40. The van der Waals surface area contributed by atoms with Crippen LogP contribution in [0.4, 0.5) is 0 Å². The highest BCUT2D eigenvalue weighted by atomic mass is 16.7. The summed E-state index contributed by atoms with van der Waals surface area (Å²) in [6, 6.07) is 10.5. The Bertz CT molecular complexity index is 1090. The van der Waals surface area contributed by atoms with Crippen molar-refractivity contribution in [2.24, 2.45) is 11.8 Å². The van der Waals surface area contributed by atoms with Gasteiger partial charge in [0.05, 0.1) is 46.2 Å². The van der Waals surface area contributed by atoms with E-state index in [2.05, 4.69) is 0 Å². The van der Waals surface area contributed by atoms with E-state index in [1.54, 1.807) is 24.3 Å². The first-order valence-corrected chi connectivity index (χ1v) is 12.1. The number of aliphatic hydroxyl groups excluding tert-OH is 4. The summed E-state index contributed by atoms with van der Waals surface area (Å²) in [5, 5.41) is 49.7. The molecule has 0 aliphatic carbocycles. The summed E-state index contributed by atoms with van der Waals surface area (Å²) in [5.74, 6) is 1.27. The number of benzene rings is 2. The highest BCUT2D eigenvalue weighted by molar-refractivity contribution is 5.45. The Morgan fingerprint density at radius 3 is 1.97 bits per heavy atom. The first-order valence-electron chi connectivity index (χ1n) is 12.1. The number of hydrogen-bond acceptors (Lipinski definition) is 11. The molecule has 0 bridgehead atoms. The molecule has 0 unspecified atom stereocenters. The SMILES string of the molecule is COc1cc([C@@H]2OC[C@@H]3[C@H]2CO[C@@H]3c2ccc(O[C@@H]3O[C@@H](CO)[C@@H](O)[C@@H](O)[C@H]3O)c(OC)c2)ccc1O. The lowest BCUT2D eigenvalue weighted by Crippen LogP contribution is -2.60. The number of ether oxygens (including phenoxy) is 6. The highest BCUT2D eigenvalue weighted by Crippen LogP contribution is 2.51. The van der Waals surface area contributed by atoms with Crippen molar-refractivity contribution in [2.45, 2.75) is 42.9 Å². The van der Waals surface area contributed by atoms with Gasteiger partial charge >= 0.3 is 0 Å². The second kappa shape index (κ2) is 10.6. The predicted molar refractivity (Wildman–Crippen MR) is 126 cm³/mol. The molecule has 5 N–H and O–H groups in total. The molecule has 37 heavy (non-hydrogen) atoms. The van der Waals surface area contributed by atoms with Gasteiger partial charge in [0.1, 0.15) is 24.4 Å². The summed E-state index contributed by atoms with van der Waals surface area (Å²) in [4.78, 5) is 0. The lowest BCUT2D eigenvalue weighted by atomic mass is 9.85.